The molecule has 86 valence electrons. The Morgan fingerprint density at radius 3 is 2.50 bits per heavy atom. The molecule has 0 spiro atoms. The van der Waals surface area contributed by atoms with Gasteiger partial charge in [0.05, 0.1) is 12.5 Å². The molecule has 16 heavy (non-hydrogen) atoms. The first-order valence-corrected chi connectivity index (χ1v) is 5.37. The average Bonchev–Trinajstić information content (AvgIpc) is 3.02. The largest absolute Gasteiger partial charge is 0.496 e. The van der Waals surface area contributed by atoms with Crippen molar-refractivity contribution >= 4 is 5.78 Å². The van der Waals surface area contributed by atoms with Crippen LogP contribution in [0.5, 0.6) is 5.75 Å². The minimum atomic E-state index is -0.486. The number of ketones is 1. The van der Waals surface area contributed by atoms with E-state index in [4.69, 9.17) is 4.74 Å². The molecule has 0 radical (unpaired) electrons. The van der Waals surface area contributed by atoms with Crippen LogP contribution < -0.4 is 4.74 Å². The Labute approximate surface area is 94.4 Å². The summed E-state index contributed by atoms with van der Waals surface area (Å²) in [5, 5.41) is 0. The Kier molecular flexibility index (Phi) is 2.49. The molecular weight excluding hydrogens is 207 g/mol. The molecule has 1 aromatic rings. The maximum absolute atomic E-state index is 13.6. The number of hydrogen-bond acceptors (Lipinski definition) is 2. The molecule has 0 aliphatic heterocycles. The van der Waals surface area contributed by atoms with E-state index in [0.717, 1.165) is 12.8 Å². The van der Waals surface area contributed by atoms with Crippen LogP contribution in [0.1, 0.15) is 30.9 Å². The van der Waals surface area contributed by atoms with Crippen LogP contribution in [0.4, 0.5) is 4.39 Å². The number of hydrogen-bond donors (Lipinski definition) is 0. The molecule has 0 atom stereocenters. The maximum Gasteiger partial charge on any atom is 0.140 e. The lowest BCUT2D eigenvalue weighted by molar-refractivity contribution is -0.119. The van der Waals surface area contributed by atoms with E-state index >= 15 is 0 Å². The standard InChI is InChI=1S/C13H15FO2/c1-8-6-12(16-3)10(7-11(8)14)13(4-5-13)9(2)15/h6-7H,4-5H2,1-3H3. The van der Waals surface area contributed by atoms with Crippen molar-refractivity contribution in [2.24, 2.45) is 0 Å². The van der Waals surface area contributed by atoms with Gasteiger partial charge < -0.3 is 4.74 Å². The van der Waals surface area contributed by atoms with E-state index in [1.807, 2.05) is 0 Å². The fourth-order valence-corrected chi connectivity index (χ4v) is 2.13. The third-order valence-corrected chi connectivity index (χ3v) is 3.42. The van der Waals surface area contributed by atoms with Gasteiger partial charge in [0.1, 0.15) is 17.3 Å². The summed E-state index contributed by atoms with van der Waals surface area (Å²) < 4.78 is 18.8. The van der Waals surface area contributed by atoms with Crippen LogP contribution in [0.25, 0.3) is 0 Å². The van der Waals surface area contributed by atoms with Crippen molar-refractivity contribution in [2.45, 2.75) is 32.1 Å². The molecule has 2 rings (SSSR count). The third kappa shape index (κ3) is 1.51. The molecule has 2 nitrogen and oxygen atoms in total. The number of rotatable bonds is 3. The van der Waals surface area contributed by atoms with Crippen molar-refractivity contribution in [3.63, 3.8) is 0 Å². The first-order valence-electron chi connectivity index (χ1n) is 5.37. The molecule has 0 saturated heterocycles. The first kappa shape index (κ1) is 11.1. The molecule has 3 heteroatoms. The number of benzene rings is 1. The van der Waals surface area contributed by atoms with E-state index < -0.39 is 5.41 Å². The fraction of sp³-hybridized carbons (Fsp3) is 0.462. The number of Topliss-reactive ketones (excluding diaryl/α,β-unsaturated/α-hetero) is 1. The molecule has 1 saturated carbocycles. The van der Waals surface area contributed by atoms with Gasteiger partial charge in [0.15, 0.2) is 0 Å². The van der Waals surface area contributed by atoms with E-state index in [0.29, 0.717) is 16.9 Å². The van der Waals surface area contributed by atoms with E-state index in [-0.39, 0.29) is 11.6 Å². The Balaban J connectivity index is 2.56. The molecule has 0 aromatic heterocycles. The van der Waals surface area contributed by atoms with Crippen molar-refractivity contribution in [1.82, 2.24) is 0 Å². The maximum atomic E-state index is 13.6. The second-order valence-electron chi connectivity index (χ2n) is 4.44. The summed E-state index contributed by atoms with van der Waals surface area (Å²) in [7, 11) is 1.55. The van der Waals surface area contributed by atoms with Crippen molar-refractivity contribution in [1.29, 1.82) is 0 Å². The lowest BCUT2D eigenvalue weighted by atomic mass is 9.90. The molecule has 1 aromatic carbocycles. The summed E-state index contributed by atoms with van der Waals surface area (Å²) in [4.78, 5) is 11.6. The molecule has 1 aliphatic rings. The highest BCUT2D eigenvalue weighted by molar-refractivity contribution is 5.92. The van der Waals surface area contributed by atoms with E-state index in [1.165, 1.54) is 6.07 Å². The molecule has 0 amide bonds. The third-order valence-electron chi connectivity index (χ3n) is 3.42. The highest BCUT2D eigenvalue weighted by atomic mass is 19.1. The zero-order chi connectivity index (χ0) is 11.9. The van der Waals surface area contributed by atoms with Crippen molar-refractivity contribution < 1.29 is 13.9 Å². The highest BCUT2D eigenvalue weighted by Crippen LogP contribution is 2.52. The minimum Gasteiger partial charge on any atom is -0.496 e. The van der Waals surface area contributed by atoms with Gasteiger partial charge in [0.25, 0.3) is 0 Å². The molecule has 0 N–H and O–H groups in total. The van der Waals surface area contributed by atoms with Crippen LogP contribution in [-0.4, -0.2) is 12.9 Å². The molecule has 0 bridgehead atoms. The second-order valence-corrected chi connectivity index (χ2v) is 4.44. The number of carbonyl (C=O) groups is 1. The first-order chi connectivity index (χ1) is 7.51. The Bertz CT molecular complexity index is 447. The van der Waals surface area contributed by atoms with Gasteiger partial charge in [-0.05, 0) is 44.4 Å². The normalized spacial score (nSPS) is 17.0. The van der Waals surface area contributed by atoms with Gasteiger partial charge in [-0.1, -0.05) is 0 Å². The quantitative estimate of drug-likeness (QED) is 0.786. The van der Waals surface area contributed by atoms with Gasteiger partial charge in [-0.25, -0.2) is 4.39 Å². The molecule has 1 fully saturated rings. The van der Waals surface area contributed by atoms with Crippen LogP contribution in [-0.2, 0) is 10.2 Å². The number of aryl methyl sites for hydroxylation is 1. The lowest BCUT2D eigenvalue weighted by Crippen LogP contribution is -2.18. The van der Waals surface area contributed by atoms with Crippen LogP contribution in [0.15, 0.2) is 12.1 Å². The average molecular weight is 222 g/mol. The smallest absolute Gasteiger partial charge is 0.140 e. The van der Waals surface area contributed by atoms with Crippen LogP contribution in [0.3, 0.4) is 0 Å². The molecule has 0 heterocycles. The Morgan fingerprint density at radius 1 is 1.44 bits per heavy atom. The Morgan fingerprint density at radius 2 is 2.06 bits per heavy atom. The summed E-state index contributed by atoms with van der Waals surface area (Å²) in [6, 6.07) is 3.11. The monoisotopic (exact) mass is 222 g/mol. The van der Waals surface area contributed by atoms with Gasteiger partial charge in [0.2, 0.25) is 0 Å². The van der Waals surface area contributed by atoms with Crippen LogP contribution in [0, 0.1) is 12.7 Å². The zero-order valence-corrected chi connectivity index (χ0v) is 9.76. The number of halogens is 1. The van der Waals surface area contributed by atoms with Crippen molar-refractivity contribution in [3.8, 4) is 5.75 Å². The summed E-state index contributed by atoms with van der Waals surface area (Å²) >= 11 is 0. The zero-order valence-electron chi connectivity index (χ0n) is 9.76. The summed E-state index contributed by atoms with van der Waals surface area (Å²) in [6.45, 7) is 3.25. The number of ether oxygens (including phenoxy) is 1. The fourth-order valence-electron chi connectivity index (χ4n) is 2.13. The Hall–Kier alpha value is -1.38. The molecule has 1 aliphatic carbocycles. The van der Waals surface area contributed by atoms with Gasteiger partial charge in [-0.3, -0.25) is 4.79 Å². The highest BCUT2D eigenvalue weighted by Gasteiger charge is 2.50. The van der Waals surface area contributed by atoms with Crippen molar-refractivity contribution in [3.05, 3.63) is 29.1 Å². The van der Waals surface area contributed by atoms with E-state index in [2.05, 4.69) is 0 Å². The summed E-state index contributed by atoms with van der Waals surface area (Å²) in [5.41, 5.74) is 0.755. The predicted octanol–water partition coefficient (Wildman–Crippen LogP) is 2.76. The second kappa shape index (κ2) is 3.58. The molecule has 0 unspecified atom stereocenters. The number of carbonyl (C=O) groups excluding carboxylic acids is 1. The number of methoxy groups -OCH3 is 1. The van der Waals surface area contributed by atoms with E-state index in [9.17, 15) is 9.18 Å². The van der Waals surface area contributed by atoms with Gasteiger partial charge in [-0.2, -0.15) is 0 Å². The SMILES string of the molecule is COc1cc(C)c(F)cc1C1(C(C)=O)CC1. The summed E-state index contributed by atoms with van der Waals surface area (Å²) in [5.74, 6) is 0.434. The van der Waals surface area contributed by atoms with Crippen LogP contribution >= 0.6 is 0 Å². The van der Waals surface area contributed by atoms with Gasteiger partial charge in [-0.15, -0.1) is 0 Å². The predicted molar refractivity (Wildman–Crippen MR) is 59.3 cm³/mol. The van der Waals surface area contributed by atoms with Gasteiger partial charge >= 0.3 is 0 Å². The summed E-state index contributed by atoms with van der Waals surface area (Å²) in [6.07, 6.45) is 1.59. The van der Waals surface area contributed by atoms with E-state index in [1.54, 1.807) is 27.0 Å². The molecular formula is C13H15FO2. The lowest BCUT2D eigenvalue weighted by Gasteiger charge is -2.17. The van der Waals surface area contributed by atoms with Gasteiger partial charge in [0, 0.05) is 5.56 Å². The van der Waals surface area contributed by atoms with Crippen LogP contribution in [0.2, 0.25) is 0 Å². The topological polar surface area (TPSA) is 26.3 Å². The minimum absolute atomic E-state index is 0.0917. The van der Waals surface area contributed by atoms with Crippen molar-refractivity contribution in [2.75, 3.05) is 7.11 Å².